The summed E-state index contributed by atoms with van der Waals surface area (Å²) in [5.74, 6) is 0.141. The summed E-state index contributed by atoms with van der Waals surface area (Å²) in [6.07, 6.45) is 0. The first-order chi connectivity index (χ1) is 15.1. The predicted molar refractivity (Wildman–Crippen MR) is 118 cm³/mol. The maximum absolute atomic E-state index is 13.1. The highest BCUT2D eigenvalue weighted by Gasteiger charge is 2.23. The quantitative estimate of drug-likeness (QED) is 0.464. The summed E-state index contributed by atoms with van der Waals surface area (Å²) < 4.78 is 16.3. The van der Waals surface area contributed by atoms with Gasteiger partial charge in [-0.3, -0.25) is 9.59 Å². The summed E-state index contributed by atoms with van der Waals surface area (Å²) in [6.45, 7) is 0. The molecule has 7 nitrogen and oxygen atoms in total. The van der Waals surface area contributed by atoms with Gasteiger partial charge in [0.1, 0.15) is 22.8 Å². The molecule has 2 N–H and O–H groups in total. The van der Waals surface area contributed by atoms with Crippen LogP contribution in [0.2, 0.25) is 0 Å². The van der Waals surface area contributed by atoms with Gasteiger partial charge < -0.3 is 24.5 Å². The minimum Gasteiger partial charge on any atom is -0.497 e. The molecule has 31 heavy (non-hydrogen) atoms. The SMILES string of the molecule is COc1ccc(NC(=O)c2oc3ccccc3c2NC(=O)c2ccccc2)c(OC)c1. The van der Waals surface area contributed by atoms with Crippen LogP contribution in [0.15, 0.2) is 77.2 Å². The van der Waals surface area contributed by atoms with Gasteiger partial charge in [-0.15, -0.1) is 0 Å². The van der Waals surface area contributed by atoms with Gasteiger partial charge in [-0.2, -0.15) is 0 Å². The molecule has 3 aromatic carbocycles. The van der Waals surface area contributed by atoms with Gasteiger partial charge in [0.2, 0.25) is 5.76 Å². The third-order valence-corrected chi connectivity index (χ3v) is 4.73. The molecule has 0 radical (unpaired) electrons. The lowest BCUT2D eigenvalue weighted by atomic mass is 10.1. The Morgan fingerprint density at radius 2 is 1.55 bits per heavy atom. The first-order valence-corrected chi connectivity index (χ1v) is 9.52. The number of hydrogen-bond donors (Lipinski definition) is 2. The van der Waals surface area contributed by atoms with Crippen molar-refractivity contribution >= 4 is 34.2 Å². The number of fused-ring (bicyclic) bond motifs is 1. The summed E-state index contributed by atoms with van der Waals surface area (Å²) in [4.78, 5) is 25.8. The molecule has 0 bridgehead atoms. The molecular weight excluding hydrogens is 396 g/mol. The predicted octanol–water partition coefficient (Wildman–Crippen LogP) is 4.95. The second-order valence-corrected chi connectivity index (χ2v) is 6.64. The Morgan fingerprint density at radius 3 is 2.29 bits per heavy atom. The second kappa shape index (κ2) is 8.62. The number of hydrogen-bond acceptors (Lipinski definition) is 5. The van der Waals surface area contributed by atoms with E-state index in [1.54, 1.807) is 67.8 Å². The topological polar surface area (TPSA) is 89.8 Å². The Balaban J connectivity index is 1.70. The zero-order valence-electron chi connectivity index (χ0n) is 17.0. The number of amides is 2. The fourth-order valence-corrected chi connectivity index (χ4v) is 3.19. The zero-order chi connectivity index (χ0) is 21.8. The van der Waals surface area contributed by atoms with Gasteiger partial charge in [0.05, 0.1) is 19.9 Å². The van der Waals surface area contributed by atoms with Crippen molar-refractivity contribution in [3.05, 3.63) is 84.1 Å². The van der Waals surface area contributed by atoms with E-state index in [1.807, 2.05) is 12.1 Å². The Kier molecular flexibility index (Phi) is 5.57. The highest BCUT2D eigenvalue weighted by molar-refractivity contribution is 6.17. The van der Waals surface area contributed by atoms with Crippen LogP contribution >= 0.6 is 0 Å². The van der Waals surface area contributed by atoms with E-state index in [0.29, 0.717) is 39.4 Å². The summed E-state index contributed by atoms with van der Waals surface area (Å²) in [5.41, 5.74) is 1.69. The first-order valence-electron chi connectivity index (χ1n) is 9.52. The van der Waals surface area contributed by atoms with Crippen LogP contribution in [0.25, 0.3) is 11.0 Å². The van der Waals surface area contributed by atoms with Crippen LogP contribution in [0.5, 0.6) is 11.5 Å². The van der Waals surface area contributed by atoms with Gasteiger partial charge >= 0.3 is 0 Å². The fraction of sp³-hybridized carbons (Fsp3) is 0.0833. The molecule has 156 valence electrons. The van der Waals surface area contributed by atoms with Crippen molar-refractivity contribution in [2.75, 3.05) is 24.9 Å². The minimum atomic E-state index is -0.525. The number of rotatable bonds is 6. The van der Waals surface area contributed by atoms with E-state index in [9.17, 15) is 9.59 Å². The minimum absolute atomic E-state index is 0.0108. The Hall–Kier alpha value is -4.26. The molecule has 0 fully saturated rings. The largest absolute Gasteiger partial charge is 0.497 e. The molecule has 4 aromatic rings. The van der Waals surface area contributed by atoms with Crippen molar-refractivity contribution in [3.63, 3.8) is 0 Å². The molecule has 1 aromatic heterocycles. The second-order valence-electron chi connectivity index (χ2n) is 6.64. The van der Waals surface area contributed by atoms with E-state index in [2.05, 4.69) is 10.6 Å². The van der Waals surface area contributed by atoms with Crippen LogP contribution in [0.3, 0.4) is 0 Å². The van der Waals surface area contributed by atoms with Crippen molar-refractivity contribution in [3.8, 4) is 11.5 Å². The number of ether oxygens (including phenoxy) is 2. The van der Waals surface area contributed by atoms with E-state index < -0.39 is 5.91 Å². The van der Waals surface area contributed by atoms with Crippen LogP contribution in [-0.2, 0) is 0 Å². The first kappa shape index (κ1) is 20.0. The Morgan fingerprint density at radius 1 is 0.806 bits per heavy atom. The molecule has 1 heterocycles. The average molecular weight is 416 g/mol. The number of nitrogens with one attached hydrogen (secondary N) is 2. The average Bonchev–Trinajstić information content (AvgIpc) is 3.18. The molecule has 7 heteroatoms. The van der Waals surface area contributed by atoms with E-state index in [-0.39, 0.29) is 11.7 Å². The molecule has 4 rings (SSSR count). The number of benzene rings is 3. The smallest absolute Gasteiger partial charge is 0.293 e. The normalized spacial score (nSPS) is 10.5. The molecule has 0 aliphatic carbocycles. The molecule has 0 saturated heterocycles. The molecule has 0 atom stereocenters. The third-order valence-electron chi connectivity index (χ3n) is 4.73. The number of furan rings is 1. The lowest BCUT2D eigenvalue weighted by Crippen LogP contribution is -2.17. The fourth-order valence-electron chi connectivity index (χ4n) is 3.19. The number of anilines is 2. The molecular formula is C24H20N2O5. The lowest BCUT2D eigenvalue weighted by Gasteiger charge is -2.11. The molecule has 0 aliphatic heterocycles. The molecule has 0 unspecified atom stereocenters. The highest BCUT2D eigenvalue weighted by Crippen LogP contribution is 2.34. The van der Waals surface area contributed by atoms with Crippen molar-refractivity contribution in [2.24, 2.45) is 0 Å². The maximum atomic E-state index is 13.1. The summed E-state index contributed by atoms with van der Waals surface area (Å²) in [5, 5.41) is 6.22. The van der Waals surface area contributed by atoms with Crippen molar-refractivity contribution < 1.29 is 23.5 Å². The van der Waals surface area contributed by atoms with E-state index in [0.717, 1.165) is 0 Å². The third kappa shape index (κ3) is 4.06. The van der Waals surface area contributed by atoms with E-state index >= 15 is 0 Å². The number of methoxy groups -OCH3 is 2. The summed E-state index contributed by atoms with van der Waals surface area (Å²) in [7, 11) is 3.04. The van der Waals surface area contributed by atoms with Crippen molar-refractivity contribution in [1.29, 1.82) is 0 Å². The van der Waals surface area contributed by atoms with Crippen molar-refractivity contribution in [2.45, 2.75) is 0 Å². The van der Waals surface area contributed by atoms with Gasteiger partial charge in [0, 0.05) is 17.0 Å². The maximum Gasteiger partial charge on any atom is 0.293 e. The Bertz CT molecular complexity index is 1250. The molecule has 0 saturated carbocycles. The van der Waals surface area contributed by atoms with Gasteiger partial charge in [-0.05, 0) is 36.4 Å². The Labute approximate surface area is 178 Å². The number of carbonyl (C=O) groups excluding carboxylic acids is 2. The molecule has 0 spiro atoms. The van der Waals surface area contributed by atoms with Crippen LogP contribution < -0.4 is 20.1 Å². The van der Waals surface area contributed by atoms with Gasteiger partial charge in [0.15, 0.2) is 0 Å². The van der Waals surface area contributed by atoms with Crippen LogP contribution in [0, 0.1) is 0 Å². The van der Waals surface area contributed by atoms with E-state index in [1.165, 1.54) is 7.11 Å². The monoisotopic (exact) mass is 416 g/mol. The molecule has 2 amide bonds. The van der Waals surface area contributed by atoms with Gasteiger partial charge in [-0.25, -0.2) is 0 Å². The number of para-hydroxylation sites is 1. The van der Waals surface area contributed by atoms with Gasteiger partial charge in [0.25, 0.3) is 11.8 Å². The van der Waals surface area contributed by atoms with Gasteiger partial charge in [-0.1, -0.05) is 30.3 Å². The zero-order valence-corrected chi connectivity index (χ0v) is 17.0. The van der Waals surface area contributed by atoms with Crippen molar-refractivity contribution in [1.82, 2.24) is 0 Å². The standard InChI is InChI=1S/C24H20N2O5/c1-29-16-12-13-18(20(14-16)30-2)25-24(28)22-21(17-10-6-7-11-19(17)31-22)26-23(27)15-8-4-3-5-9-15/h3-14H,1-2H3,(H,25,28)(H,26,27). The summed E-state index contributed by atoms with van der Waals surface area (Å²) >= 11 is 0. The van der Waals surface area contributed by atoms with Crippen LogP contribution in [-0.4, -0.2) is 26.0 Å². The van der Waals surface area contributed by atoms with Crippen LogP contribution in [0.4, 0.5) is 11.4 Å². The molecule has 0 aliphatic rings. The number of carbonyl (C=O) groups is 2. The lowest BCUT2D eigenvalue weighted by molar-refractivity contribution is 0.0999. The summed E-state index contributed by atoms with van der Waals surface area (Å²) in [6, 6.07) is 20.9. The van der Waals surface area contributed by atoms with Crippen LogP contribution in [0.1, 0.15) is 20.9 Å². The highest BCUT2D eigenvalue weighted by atomic mass is 16.5. The van der Waals surface area contributed by atoms with E-state index in [4.69, 9.17) is 13.9 Å².